The highest BCUT2D eigenvalue weighted by atomic mass is 16.7. The Bertz CT molecular complexity index is 1770. The van der Waals surface area contributed by atoms with Crippen LogP contribution in [0.1, 0.15) is 52.7 Å². The molecule has 0 aliphatic carbocycles. The second-order valence-corrected chi connectivity index (χ2v) is 10.4. The fraction of sp³-hybridized carbons (Fsp3) is 0.200. The molecule has 11 nitrogen and oxygen atoms in total. The molecule has 41 heavy (non-hydrogen) atoms. The van der Waals surface area contributed by atoms with Gasteiger partial charge in [0.2, 0.25) is 0 Å². The summed E-state index contributed by atoms with van der Waals surface area (Å²) in [6.45, 7) is 0. The molecule has 4 aromatic rings. The number of nitro benzene ring substituents is 1. The summed E-state index contributed by atoms with van der Waals surface area (Å²) in [5.41, 5.74) is 2.55. The molecule has 0 radical (unpaired) electrons. The molecule has 5 N–H and O–H groups in total. The van der Waals surface area contributed by atoms with Crippen LogP contribution in [0.2, 0.25) is 0 Å². The van der Waals surface area contributed by atoms with Gasteiger partial charge in [-0.25, -0.2) is 0 Å². The van der Waals surface area contributed by atoms with Crippen molar-refractivity contribution in [1.82, 2.24) is 0 Å². The van der Waals surface area contributed by atoms with Gasteiger partial charge in [0.05, 0.1) is 4.92 Å². The number of non-ortho nitro benzene ring substituents is 1. The molecule has 0 unspecified atom stereocenters. The van der Waals surface area contributed by atoms with E-state index in [-0.39, 0.29) is 46.6 Å². The first-order valence-electron chi connectivity index (χ1n) is 12.9. The minimum Gasteiger partial charge on any atom is -0.507 e. The minimum atomic E-state index is -1.50. The monoisotopic (exact) mass is 557 g/mol. The number of benzene rings is 4. The number of fused-ring (bicyclic) bond motifs is 8. The summed E-state index contributed by atoms with van der Waals surface area (Å²) in [7, 11) is 0. The van der Waals surface area contributed by atoms with Crippen molar-refractivity contribution in [2.75, 3.05) is 0 Å². The summed E-state index contributed by atoms with van der Waals surface area (Å²) < 4.78 is 19.3. The molecule has 4 aromatic carbocycles. The highest BCUT2D eigenvalue weighted by Crippen LogP contribution is 2.60. The fourth-order valence-corrected chi connectivity index (χ4v) is 6.03. The van der Waals surface area contributed by atoms with Gasteiger partial charge in [-0.1, -0.05) is 6.07 Å². The maximum absolute atomic E-state index is 11.7. The van der Waals surface area contributed by atoms with E-state index >= 15 is 0 Å². The van der Waals surface area contributed by atoms with Crippen molar-refractivity contribution < 1.29 is 44.7 Å². The molecule has 3 aliphatic heterocycles. The van der Waals surface area contributed by atoms with Gasteiger partial charge in [0, 0.05) is 52.8 Å². The third kappa shape index (κ3) is 3.73. The summed E-state index contributed by atoms with van der Waals surface area (Å²) in [4.78, 5) is 11.2. The number of hydrogen-bond acceptors (Lipinski definition) is 10. The van der Waals surface area contributed by atoms with E-state index in [1.54, 1.807) is 12.1 Å². The number of phenolic OH excluding ortho intramolecular Hbond substituents is 5. The summed E-state index contributed by atoms with van der Waals surface area (Å²) in [5, 5.41) is 62.7. The molecule has 11 heteroatoms. The van der Waals surface area contributed by atoms with Crippen LogP contribution >= 0.6 is 0 Å². The van der Waals surface area contributed by atoms with E-state index in [9.17, 15) is 35.6 Å². The van der Waals surface area contributed by atoms with Gasteiger partial charge < -0.3 is 39.7 Å². The summed E-state index contributed by atoms with van der Waals surface area (Å²) in [6.07, 6.45) is 0.536. The molecule has 208 valence electrons. The second kappa shape index (κ2) is 8.59. The van der Waals surface area contributed by atoms with Crippen LogP contribution < -0.4 is 14.2 Å². The van der Waals surface area contributed by atoms with E-state index < -0.39 is 22.7 Å². The first-order chi connectivity index (χ1) is 19.6. The Morgan fingerprint density at radius 1 is 0.805 bits per heavy atom. The van der Waals surface area contributed by atoms with Crippen molar-refractivity contribution in [2.45, 2.75) is 37.1 Å². The zero-order chi connectivity index (χ0) is 28.6. The Kier molecular flexibility index (Phi) is 5.17. The average Bonchev–Trinajstić information content (AvgIpc) is 2.95. The third-order valence-electron chi connectivity index (χ3n) is 8.01. The molecule has 3 atom stereocenters. The number of nitro groups is 1. The zero-order valence-corrected chi connectivity index (χ0v) is 21.3. The van der Waals surface area contributed by atoms with Crippen molar-refractivity contribution >= 4 is 5.69 Å². The number of hydrogen-bond donors (Lipinski definition) is 5. The second-order valence-electron chi connectivity index (χ2n) is 10.4. The number of phenols is 5. The lowest BCUT2D eigenvalue weighted by Crippen LogP contribution is -2.47. The van der Waals surface area contributed by atoms with E-state index in [1.165, 1.54) is 48.5 Å². The predicted octanol–water partition coefficient (Wildman–Crippen LogP) is 5.35. The van der Waals surface area contributed by atoms with Gasteiger partial charge in [-0.15, -0.1) is 0 Å². The van der Waals surface area contributed by atoms with Crippen molar-refractivity contribution in [3.05, 3.63) is 98.6 Å². The molecule has 0 fully saturated rings. The summed E-state index contributed by atoms with van der Waals surface area (Å²) in [5.74, 6) is -2.41. The van der Waals surface area contributed by atoms with E-state index in [2.05, 4.69) is 0 Å². The Labute approximate surface area is 232 Å². The van der Waals surface area contributed by atoms with Crippen LogP contribution in [0.15, 0.2) is 60.7 Å². The van der Waals surface area contributed by atoms with Crippen LogP contribution in [0, 0.1) is 10.1 Å². The van der Waals surface area contributed by atoms with E-state index in [4.69, 9.17) is 14.2 Å². The van der Waals surface area contributed by atoms with Crippen LogP contribution in [0.3, 0.4) is 0 Å². The molecular weight excluding hydrogens is 534 g/mol. The van der Waals surface area contributed by atoms with Gasteiger partial charge in [-0.3, -0.25) is 10.1 Å². The zero-order valence-electron chi connectivity index (χ0n) is 21.3. The van der Waals surface area contributed by atoms with Crippen LogP contribution in [0.5, 0.6) is 46.0 Å². The molecule has 0 amide bonds. The van der Waals surface area contributed by atoms with Crippen molar-refractivity contribution in [2.24, 2.45) is 0 Å². The first-order valence-corrected chi connectivity index (χ1v) is 12.9. The highest BCUT2D eigenvalue weighted by molar-refractivity contribution is 5.65. The third-order valence-corrected chi connectivity index (χ3v) is 8.01. The van der Waals surface area contributed by atoms with Gasteiger partial charge in [-0.05, 0) is 54.8 Å². The minimum absolute atomic E-state index is 0.0614. The lowest BCUT2D eigenvalue weighted by Gasteiger charge is -2.47. The highest BCUT2D eigenvalue weighted by Gasteiger charge is 2.52. The SMILES string of the molecule is O=[N+]([O-])c1ccc2c(c1)[C@@H]1C[C@](c3ccc(O)c(O)c3)(O2)Oc2cc(O)c3c(c21)O[C@@H](c1ccc(O)c(O)c1)CC3. The Balaban J connectivity index is 1.42. The standard InChI is InChI=1S/C30H23NO10/c32-20-5-1-14(9-23(20)35)25-8-4-17-22(34)12-27-28(29(17)39-25)19-13-30(41-27,15-2-6-21(33)24(36)10-15)40-26-7-3-16(31(37)38)11-18(19)26/h1-3,5-7,9-12,19,25,32-36H,4,8,13H2/t19-,25+,30-/m0/s1. The smallest absolute Gasteiger partial charge is 0.279 e. The maximum Gasteiger partial charge on any atom is 0.279 e. The van der Waals surface area contributed by atoms with Crippen LogP contribution in [-0.2, 0) is 12.2 Å². The lowest BCUT2D eigenvalue weighted by molar-refractivity contribution is -0.385. The van der Waals surface area contributed by atoms with Crippen molar-refractivity contribution in [3.63, 3.8) is 0 Å². The molecule has 0 saturated heterocycles. The van der Waals surface area contributed by atoms with Crippen LogP contribution in [-0.4, -0.2) is 30.5 Å². The van der Waals surface area contributed by atoms with Gasteiger partial charge in [0.25, 0.3) is 11.5 Å². The number of rotatable bonds is 3. The lowest BCUT2D eigenvalue weighted by atomic mass is 9.76. The molecule has 0 spiro atoms. The summed E-state index contributed by atoms with van der Waals surface area (Å²) >= 11 is 0. The number of ether oxygens (including phenoxy) is 3. The molecule has 7 rings (SSSR count). The fourth-order valence-electron chi connectivity index (χ4n) is 6.03. The maximum atomic E-state index is 11.7. The van der Waals surface area contributed by atoms with E-state index in [0.717, 1.165) is 0 Å². The average molecular weight is 558 g/mol. The Morgan fingerprint density at radius 2 is 1.54 bits per heavy atom. The van der Waals surface area contributed by atoms with E-state index in [1.807, 2.05) is 0 Å². The quantitative estimate of drug-likeness (QED) is 0.126. The van der Waals surface area contributed by atoms with E-state index in [0.29, 0.717) is 52.2 Å². The summed E-state index contributed by atoms with van der Waals surface area (Å²) in [6, 6.07) is 14.4. The molecular formula is C30H23NO10. The molecule has 3 aliphatic rings. The first kappa shape index (κ1) is 24.7. The molecule has 3 heterocycles. The van der Waals surface area contributed by atoms with Gasteiger partial charge in [-0.2, -0.15) is 0 Å². The van der Waals surface area contributed by atoms with Gasteiger partial charge in [0.1, 0.15) is 29.1 Å². The van der Waals surface area contributed by atoms with Crippen LogP contribution in [0.4, 0.5) is 5.69 Å². The van der Waals surface area contributed by atoms with Gasteiger partial charge >= 0.3 is 0 Å². The molecule has 0 aromatic heterocycles. The molecule has 0 saturated carbocycles. The number of aromatic hydroxyl groups is 5. The van der Waals surface area contributed by atoms with Crippen LogP contribution in [0.25, 0.3) is 0 Å². The largest absolute Gasteiger partial charge is 0.507 e. The number of nitrogens with zero attached hydrogens (tertiary/aromatic N) is 1. The predicted molar refractivity (Wildman–Crippen MR) is 142 cm³/mol. The van der Waals surface area contributed by atoms with Crippen molar-refractivity contribution in [1.29, 1.82) is 0 Å². The Morgan fingerprint density at radius 3 is 2.27 bits per heavy atom. The Hall–Kier alpha value is -5.32. The topological polar surface area (TPSA) is 172 Å². The van der Waals surface area contributed by atoms with Gasteiger partial charge in [0.15, 0.2) is 23.0 Å². The van der Waals surface area contributed by atoms with Crippen molar-refractivity contribution in [3.8, 4) is 46.0 Å². The normalized spacial score (nSPS) is 21.8. The molecule has 2 bridgehead atoms.